The Bertz CT molecular complexity index is 690. The molecular weight excluding hydrogens is 334 g/mol. The minimum atomic E-state index is 0.0400. The Balaban J connectivity index is 1.47. The summed E-state index contributed by atoms with van der Waals surface area (Å²) in [4.78, 5) is 12.3. The van der Waals surface area contributed by atoms with Gasteiger partial charge in [0.25, 0.3) is 0 Å². The lowest BCUT2D eigenvalue weighted by Crippen LogP contribution is -2.12. The summed E-state index contributed by atoms with van der Waals surface area (Å²) in [6, 6.07) is 7.59. The minimum Gasteiger partial charge on any atom is -0.273 e. The Hall–Kier alpha value is -1.97. The summed E-state index contributed by atoms with van der Waals surface area (Å²) in [5, 5.41) is 8.03. The van der Waals surface area contributed by atoms with Crippen LogP contribution in [-0.2, 0) is 0 Å². The van der Waals surface area contributed by atoms with Gasteiger partial charge in [-0.05, 0) is 44.2 Å². The number of carbonyl (C=O) groups excluding carboxylic acids is 1. The third-order valence-electron chi connectivity index (χ3n) is 4.99. The first kappa shape index (κ1) is 21.3. The molecule has 0 aliphatic heterocycles. The molecule has 0 spiro atoms. The van der Waals surface area contributed by atoms with Gasteiger partial charge in [-0.2, -0.15) is 4.68 Å². The Morgan fingerprint density at radius 1 is 0.889 bits per heavy atom. The average molecular weight is 370 g/mol. The van der Waals surface area contributed by atoms with E-state index < -0.39 is 0 Å². The lowest BCUT2D eigenvalue weighted by molar-refractivity contribution is 0.0886. The zero-order chi connectivity index (χ0) is 19.2. The monoisotopic (exact) mass is 369 g/mol. The van der Waals surface area contributed by atoms with Crippen LogP contribution in [0.4, 0.5) is 0 Å². The molecule has 0 radical (unpaired) electrons. The molecule has 4 heteroatoms. The van der Waals surface area contributed by atoms with Crippen LogP contribution in [0.2, 0.25) is 0 Å². The first-order valence-electron chi connectivity index (χ1n) is 10.8. The van der Waals surface area contributed by atoms with Crippen LogP contribution in [0.25, 0.3) is 11.0 Å². The number of para-hydroxylation sites is 1. The van der Waals surface area contributed by atoms with Gasteiger partial charge in [-0.25, -0.2) is 0 Å². The molecule has 0 N–H and O–H groups in total. The summed E-state index contributed by atoms with van der Waals surface area (Å²) >= 11 is 0. The molecule has 0 atom stereocenters. The predicted molar refractivity (Wildman–Crippen MR) is 113 cm³/mol. The number of benzene rings is 1. The molecule has 2 aromatic rings. The van der Waals surface area contributed by atoms with Crippen LogP contribution in [0.5, 0.6) is 0 Å². The standard InChI is InChI=1S/C23H35N3O/c1-2-3-4-5-6-7-8-9-10-11-12-13-14-15-20-23(27)26-22-19-17-16-18-21(22)24-25-26/h10-11,16-19H,2-9,12-15,20H2,1H3/b11-10+. The number of nitrogens with zero attached hydrogens (tertiary/aromatic N) is 3. The van der Waals surface area contributed by atoms with Crippen LogP contribution in [-0.4, -0.2) is 20.9 Å². The van der Waals surface area contributed by atoms with Gasteiger partial charge in [0.15, 0.2) is 0 Å². The Morgan fingerprint density at radius 2 is 1.52 bits per heavy atom. The fourth-order valence-corrected chi connectivity index (χ4v) is 3.33. The van der Waals surface area contributed by atoms with Crippen LogP contribution in [0.15, 0.2) is 36.4 Å². The Kier molecular flexibility index (Phi) is 10.5. The molecule has 148 valence electrons. The maximum absolute atomic E-state index is 12.3. The van der Waals surface area contributed by atoms with Crippen molar-refractivity contribution in [2.24, 2.45) is 0 Å². The second-order valence-electron chi connectivity index (χ2n) is 7.36. The van der Waals surface area contributed by atoms with Gasteiger partial charge in [0.2, 0.25) is 5.91 Å². The molecule has 2 rings (SSSR count). The van der Waals surface area contributed by atoms with E-state index in [2.05, 4.69) is 29.4 Å². The average Bonchev–Trinajstić information content (AvgIpc) is 3.12. The molecule has 1 aromatic carbocycles. The third kappa shape index (κ3) is 8.06. The first-order valence-corrected chi connectivity index (χ1v) is 10.8. The highest BCUT2D eigenvalue weighted by Crippen LogP contribution is 2.12. The summed E-state index contributed by atoms with van der Waals surface area (Å²) < 4.78 is 1.44. The number of rotatable bonds is 14. The highest BCUT2D eigenvalue weighted by molar-refractivity contribution is 5.88. The van der Waals surface area contributed by atoms with Gasteiger partial charge in [-0.15, -0.1) is 5.10 Å². The molecule has 0 unspecified atom stereocenters. The van der Waals surface area contributed by atoms with Gasteiger partial charge in [-0.3, -0.25) is 4.79 Å². The molecule has 0 aliphatic rings. The Morgan fingerprint density at radius 3 is 2.26 bits per heavy atom. The van der Waals surface area contributed by atoms with Crippen molar-refractivity contribution >= 4 is 16.9 Å². The van der Waals surface area contributed by atoms with Gasteiger partial charge < -0.3 is 0 Å². The highest BCUT2D eigenvalue weighted by atomic mass is 16.2. The minimum absolute atomic E-state index is 0.0400. The van der Waals surface area contributed by atoms with Crippen LogP contribution in [0.3, 0.4) is 0 Å². The molecule has 0 saturated heterocycles. The number of carbonyl (C=O) groups is 1. The van der Waals surface area contributed by atoms with Crippen molar-refractivity contribution in [3.63, 3.8) is 0 Å². The van der Waals surface area contributed by atoms with E-state index in [1.54, 1.807) is 0 Å². The van der Waals surface area contributed by atoms with E-state index in [0.29, 0.717) is 6.42 Å². The maximum Gasteiger partial charge on any atom is 0.248 e. The number of unbranched alkanes of at least 4 members (excludes halogenated alkanes) is 10. The number of fused-ring (bicyclic) bond motifs is 1. The second kappa shape index (κ2) is 13.2. The largest absolute Gasteiger partial charge is 0.273 e. The molecule has 0 fully saturated rings. The van der Waals surface area contributed by atoms with E-state index in [1.807, 2.05) is 24.3 Å². The molecule has 0 aliphatic carbocycles. The fourth-order valence-electron chi connectivity index (χ4n) is 3.33. The van der Waals surface area contributed by atoms with E-state index in [4.69, 9.17) is 0 Å². The van der Waals surface area contributed by atoms with Crippen molar-refractivity contribution in [1.82, 2.24) is 15.0 Å². The second-order valence-corrected chi connectivity index (χ2v) is 7.36. The molecule has 4 nitrogen and oxygen atoms in total. The molecule has 0 bridgehead atoms. The number of allylic oxidation sites excluding steroid dienone is 2. The van der Waals surface area contributed by atoms with E-state index >= 15 is 0 Å². The van der Waals surface area contributed by atoms with Crippen molar-refractivity contribution in [3.8, 4) is 0 Å². The zero-order valence-electron chi connectivity index (χ0n) is 16.9. The number of aromatic nitrogens is 3. The van der Waals surface area contributed by atoms with Crippen molar-refractivity contribution in [2.45, 2.75) is 90.4 Å². The normalized spacial score (nSPS) is 11.6. The third-order valence-corrected chi connectivity index (χ3v) is 4.99. The summed E-state index contributed by atoms with van der Waals surface area (Å²) in [5.74, 6) is 0.0400. The molecular formula is C23H35N3O. The van der Waals surface area contributed by atoms with E-state index in [-0.39, 0.29) is 5.91 Å². The molecule has 1 heterocycles. The smallest absolute Gasteiger partial charge is 0.248 e. The number of hydrogen-bond acceptors (Lipinski definition) is 3. The summed E-state index contributed by atoms with van der Waals surface area (Å²) in [7, 11) is 0. The highest BCUT2D eigenvalue weighted by Gasteiger charge is 2.10. The van der Waals surface area contributed by atoms with Gasteiger partial charge in [0.1, 0.15) is 5.52 Å². The van der Waals surface area contributed by atoms with Crippen LogP contribution >= 0.6 is 0 Å². The first-order chi connectivity index (χ1) is 13.3. The van der Waals surface area contributed by atoms with Crippen molar-refractivity contribution in [3.05, 3.63) is 36.4 Å². The van der Waals surface area contributed by atoms with Gasteiger partial charge in [-0.1, -0.05) is 81.4 Å². The molecule has 27 heavy (non-hydrogen) atoms. The summed E-state index contributed by atoms with van der Waals surface area (Å²) in [6.45, 7) is 2.27. The SMILES string of the molecule is CCCCCCCCC/C=C/CCCCCC(=O)n1nnc2ccccc21. The zero-order valence-corrected chi connectivity index (χ0v) is 16.9. The van der Waals surface area contributed by atoms with Crippen molar-refractivity contribution in [2.75, 3.05) is 0 Å². The summed E-state index contributed by atoms with van der Waals surface area (Å²) in [6.07, 6.45) is 20.3. The molecule has 1 aromatic heterocycles. The number of hydrogen-bond donors (Lipinski definition) is 0. The fraction of sp³-hybridized carbons (Fsp3) is 0.609. The van der Waals surface area contributed by atoms with E-state index in [1.165, 1.54) is 56.0 Å². The summed E-state index contributed by atoms with van der Waals surface area (Å²) in [5.41, 5.74) is 1.58. The maximum atomic E-state index is 12.3. The molecule has 0 saturated carbocycles. The van der Waals surface area contributed by atoms with Gasteiger partial charge >= 0.3 is 0 Å². The van der Waals surface area contributed by atoms with Crippen molar-refractivity contribution < 1.29 is 4.79 Å². The Labute approximate surface area is 164 Å². The van der Waals surface area contributed by atoms with Gasteiger partial charge in [0, 0.05) is 6.42 Å². The predicted octanol–water partition coefficient (Wildman–Crippen LogP) is 6.72. The van der Waals surface area contributed by atoms with E-state index in [0.717, 1.165) is 36.7 Å². The van der Waals surface area contributed by atoms with Crippen LogP contribution in [0, 0.1) is 0 Å². The lowest BCUT2D eigenvalue weighted by Gasteiger charge is -2.01. The van der Waals surface area contributed by atoms with Crippen LogP contribution < -0.4 is 0 Å². The van der Waals surface area contributed by atoms with Crippen molar-refractivity contribution in [1.29, 1.82) is 0 Å². The lowest BCUT2D eigenvalue weighted by atomic mass is 10.1. The van der Waals surface area contributed by atoms with Gasteiger partial charge in [0.05, 0.1) is 5.52 Å². The van der Waals surface area contributed by atoms with E-state index in [9.17, 15) is 4.79 Å². The molecule has 0 amide bonds. The van der Waals surface area contributed by atoms with Crippen LogP contribution in [0.1, 0.15) is 95.2 Å². The quantitative estimate of drug-likeness (QED) is 0.274. The topological polar surface area (TPSA) is 47.8 Å².